The number of aromatic nitrogens is 4. The number of rotatable bonds is 6. The Kier molecular flexibility index (Phi) is 7.00. The molecule has 2 N–H and O–H groups in total. The largest absolute Gasteiger partial charge is 0.369 e. The van der Waals surface area contributed by atoms with E-state index >= 15 is 0 Å². The van der Waals surface area contributed by atoms with Gasteiger partial charge in [-0.05, 0) is 56.4 Å². The van der Waals surface area contributed by atoms with Crippen LogP contribution in [0.4, 0.5) is 27.4 Å². The van der Waals surface area contributed by atoms with Gasteiger partial charge in [0.1, 0.15) is 17.0 Å². The predicted octanol–water partition coefficient (Wildman–Crippen LogP) is 4.39. The molecule has 0 saturated carbocycles. The minimum Gasteiger partial charge on any atom is -0.369 e. The standard InChI is InChI=1S/C27H27FN8O/c1-18(28)15-24(37)32-21-8-10-29-23(16-21)26-25-19(7-9-30-26)17-31-27(34-25)33-20-3-5-22(6-4-20)36-13-11-35(2)12-14-36/h3-10,15-17H,11-14H2,1-2H3,(H,29,32,37)(H,31,33,34)/b18-15-. The second-order valence-electron chi connectivity index (χ2n) is 8.90. The van der Waals surface area contributed by atoms with E-state index in [1.54, 1.807) is 30.7 Å². The Hall–Kier alpha value is -4.44. The summed E-state index contributed by atoms with van der Waals surface area (Å²) in [7, 11) is 2.15. The van der Waals surface area contributed by atoms with Crippen LogP contribution in [0.15, 0.2) is 73.0 Å². The third-order valence-electron chi connectivity index (χ3n) is 6.09. The van der Waals surface area contributed by atoms with Crippen LogP contribution in [0.1, 0.15) is 6.92 Å². The highest BCUT2D eigenvalue weighted by atomic mass is 19.1. The number of benzene rings is 1. The van der Waals surface area contributed by atoms with Crippen molar-refractivity contribution in [1.29, 1.82) is 0 Å². The van der Waals surface area contributed by atoms with E-state index < -0.39 is 11.7 Å². The first-order valence-electron chi connectivity index (χ1n) is 12.0. The van der Waals surface area contributed by atoms with Crippen molar-refractivity contribution in [3.8, 4) is 11.4 Å². The van der Waals surface area contributed by atoms with Crippen molar-refractivity contribution in [3.05, 3.63) is 73.0 Å². The summed E-state index contributed by atoms with van der Waals surface area (Å²) in [6, 6.07) is 13.4. The molecule has 1 saturated heterocycles. The fraction of sp³-hybridized carbons (Fsp3) is 0.222. The molecule has 1 amide bonds. The monoisotopic (exact) mass is 498 g/mol. The second kappa shape index (κ2) is 10.7. The number of nitrogens with one attached hydrogen (secondary N) is 2. The molecule has 4 aromatic rings. The van der Waals surface area contributed by atoms with Gasteiger partial charge in [-0.15, -0.1) is 0 Å². The van der Waals surface area contributed by atoms with Crippen LogP contribution in [0, 0.1) is 0 Å². The van der Waals surface area contributed by atoms with Crippen LogP contribution in [0.25, 0.3) is 22.3 Å². The topological polar surface area (TPSA) is 99.2 Å². The molecule has 1 aliphatic heterocycles. The van der Waals surface area contributed by atoms with Gasteiger partial charge >= 0.3 is 0 Å². The van der Waals surface area contributed by atoms with Gasteiger partial charge in [-0.1, -0.05) is 0 Å². The molecule has 1 fully saturated rings. The number of carbonyl (C=O) groups excluding carboxylic acids is 1. The predicted molar refractivity (Wildman–Crippen MR) is 143 cm³/mol. The van der Waals surface area contributed by atoms with E-state index in [0.29, 0.717) is 28.5 Å². The molecule has 9 nitrogen and oxygen atoms in total. The number of hydrogen-bond donors (Lipinski definition) is 2. The van der Waals surface area contributed by atoms with Crippen molar-refractivity contribution < 1.29 is 9.18 Å². The molecule has 37 heavy (non-hydrogen) atoms. The lowest BCUT2D eigenvalue weighted by atomic mass is 10.1. The molecule has 1 aromatic carbocycles. The number of carbonyl (C=O) groups is 1. The molecule has 0 unspecified atom stereocenters. The number of pyridine rings is 2. The number of amides is 1. The number of anilines is 4. The van der Waals surface area contributed by atoms with E-state index in [1.165, 1.54) is 12.6 Å². The molecule has 5 rings (SSSR count). The third-order valence-corrected chi connectivity index (χ3v) is 6.09. The highest BCUT2D eigenvalue weighted by Gasteiger charge is 2.15. The fourth-order valence-corrected chi connectivity index (χ4v) is 4.15. The molecule has 0 bridgehead atoms. The Labute approximate surface area is 214 Å². The summed E-state index contributed by atoms with van der Waals surface area (Å²) in [6.07, 6.45) is 5.83. The van der Waals surface area contributed by atoms with Crippen molar-refractivity contribution in [2.45, 2.75) is 6.92 Å². The van der Waals surface area contributed by atoms with E-state index in [9.17, 15) is 9.18 Å². The number of hydrogen-bond acceptors (Lipinski definition) is 8. The van der Waals surface area contributed by atoms with Gasteiger partial charge in [0.05, 0.1) is 5.69 Å². The van der Waals surface area contributed by atoms with Gasteiger partial charge in [0, 0.05) is 73.3 Å². The zero-order chi connectivity index (χ0) is 25.8. The van der Waals surface area contributed by atoms with Crippen LogP contribution < -0.4 is 15.5 Å². The Balaban J connectivity index is 1.38. The minimum atomic E-state index is -0.576. The van der Waals surface area contributed by atoms with Gasteiger partial charge in [-0.3, -0.25) is 14.8 Å². The molecule has 0 atom stereocenters. The second-order valence-corrected chi connectivity index (χ2v) is 8.90. The number of nitrogens with zero attached hydrogens (tertiary/aromatic N) is 6. The van der Waals surface area contributed by atoms with E-state index in [1.807, 2.05) is 18.2 Å². The van der Waals surface area contributed by atoms with Gasteiger partial charge in [0.2, 0.25) is 5.95 Å². The lowest BCUT2D eigenvalue weighted by molar-refractivity contribution is -0.112. The smallest absolute Gasteiger partial charge is 0.250 e. The Bertz CT molecular complexity index is 1440. The van der Waals surface area contributed by atoms with Crippen LogP contribution >= 0.6 is 0 Å². The molecule has 0 aliphatic carbocycles. The maximum absolute atomic E-state index is 13.0. The number of piperazine rings is 1. The highest BCUT2D eigenvalue weighted by molar-refractivity contribution is 6.00. The average molecular weight is 499 g/mol. The first-order chi connectivity index (χ1) is 17.9. The van der Waals surface area contributed by atoms with Crippen molar-refractivity contribution in [1.82, 2.24) is 24.8 Å². The maximum Gasteiger partial charge on any atom is 0.250 e. The Morgan fingerprint density at radius 2 is 1.73 bits per heavy atom. The van der Waals surface area contributed by atoms with Gasteiger partial charge in [0.25, 0.3) is 5.91 Å². The summed E-state index contributed by atoms with van der Waals surface area (Å²) in [5, 5.41) is 6.70. The first-order valence-corrected chi connectivity index (χ1v) is 12.0. The summed E-state index contributed by atoms with van der Waals surface area (Å²) in [4.78, 5) is 34.7. The summed E-state index contributed by atoms with van der Waals surface area (Å²) >= 11 is 0. The zero-order valence-corrected chi connectivity index (χ0v) is 20.6. The average Bonchev–Trinajstić information content (AvgIpc) is 2.89. The van der Waals surface area contributed by atoms with E-state index in [-0.39, 0.29) is 0 Å². The summed E-state index contributed by atoms with van der Waals surface area (Å²) in [5.41, 5.74) is 4.22. The van der Waals surface area contributed by atoms with Gasteiger partial charge in [-0.25, -0.2) is 14.4 Å². The minimum absolute atomic E-state index is 0.433. The number of allylic oxidation sites excluding steroid dienone is 1. The number of likely N-dealkylation sites (N-methyl/N-ethyl adjacent to an activating group) is 1. The van der Waals surface area contributed by atoms with Crippen molar-refractivity contribution >= 4 is 39.8 Å². The molecule has 0 spiro atoms. The quantitative estimate of drug-likeness (QED) is 0.378. The molecule has 0 radical (unpaired) electrons. The SMILES string of the molecule is C/C(F)=C/C(=O)Nc1ccnc(-c2nccc3cnc(Nc4ccc(N5CCN(C)CC5)cc4)nc23)c1. The lowest BCUT2D eigenvalue weighted by Gasteiger charge is -2.34. The van der Waals surface area contributed by atoms with Gasteiger partial charge in [-0.2, -0.15) is 0 Å². The van der Waals surface area contributed by atoms with Crippen molar-refractivity contribution in [3.63, 3.8) is 0 Å². The van der Waals surface area contributed by atoms with Gasteiger partial charge in [0.15, 0.2) is 0 Å². The fourth-order valence-electron chi connectivity index (χ4n) is 4.15. The third kappa shape index (κ3) is 5.87. The molecule has 10 heteroatoms. The van der Waals surface area contributed by atoms with Crippen LogP contribution in [0.3, 0.4) is 0 Å². The summed E-state index contributed by atoms with van der Waals surface area (Å²) in [6.45, 7) is 5.35. The Morgan fingerprint density at radius 1 is 0.973 bits per heavy atom. The maximum atomic E-state index is 13.0. The molecule has 4 heterocycles. The van der Waals surface area contributed by atoms with E-state index in [2.05, 4.69) is 54.6 Å². The number of halogens is 1. The molecule has 3 aromatic heterocycles. The van der Waals surface area contributed by atoms with Crippen LogP contribution in [0.5, 0.6) is 0 Å². The van der Waals surface area contributed by atoms with Crippen LogP contribution in [-0.2, 0) is 4.79 Å². The van der Waals surface area contributed by atoms with Crippen molar-refractivity contribution in [2.75, 3.05) is 48.8 Å². The van der Waals surface area contributed by atoms with Crippen LogP contribution in [0.2, 0.25) is 0 Å². The number of fused-ring (bicyclic) bond motifs is 1. The van der Waals surface area contributed by atoms with Gasteiger partial charge < -0.3 is 20.4 Å². The summed E-state index contributed by atoms with van der Waals surface area (Å²) in [5.74, 6) is -0.703. The highest BCUT2D eigenvalue weighted by Crippen LogP contribution is 2.27. The normalized spacial score (nSPS) is 14.6. The first kappa shape index (κ1) is 24.3. The Morgan fingerprint density at radius 3 is 2.49 bits per heavy atom. The van der Waals surface area contributed by atoms with E-state index in [0.717, 1.165) is 43.3 Å². The molecule has 188 valence electrons. The van der Waals surface area contributed by atoms with E-state index in [4.69, 9.17) is 4.98 Å². The van der Waals surface area contributed by atoms with Crippen LogP contribution in [-0.4, -0.2) is 64.0 Å². The molecular formula is C27H27FN8O. The summed E-state index contributed by atoms with van der Waals surface area (Å²) < 4.78 is 13.0. The lowest BCUT2D eigenvalue weighted by Crippen LogP contribution is -2.44. The zero-order valence-electron chi connectivity index (χ0n) is 20.6. The molecule has 1 aliphatic rings. The molecular weight excluding hydrogens is 471 g/mol. The van der Waals surface area contributed by atoms with Crippen molar-refractivity contribution in [2.24, 2.45) is 0 Å².